The molecule has 0 bridgehead atoms. The molecule has 2 heterocycles. The molecule has 0 saturated carbocycles. The van der Waals surface area contributed by atoms with Crippen molar-refractivity contribution in [3.63, 3.8) is 0 Å². The Balaban J connectivity index is 1.97. The Morgan fingerprint density at radius 2 is 2.25 bits per heavy atom. The van der Waals surface area contributed by atoms with Crippen molar-refractivity contribution < 1.29 is 9.59 Å². The lowest BCUT2D eigenvalue weighted by Crippen LogP contribution is -2.55. The normalized spacial score (nSPS) is 31.1. The van der Waals surface area contributed by atoms with Crippen LogP contribution >= 0.6 is 0 Å². The zero-order chi connectivity index (χ0) is 11.5. The predicted molar refractivity (Wildman–Crippen MR) is 59.8 cm³/mol. The van der Waals surface area contributed by atoms with Gasteiger partial charge in [0, 0.05) is 44.6 Å². The standard InChI is InChI=1S/C11H19N3O2/c1-8-7-12-4-5-14(8)11(16)9-2-3-13-10(15)6-9/h8-9,12H,2-7H2,1H3,(H,13,15)/t8-,9?/m0/s1. The van der Waals surface area contributed by atoms with Crippen LogP contribution in [0.1, 0.15) is 19.8 Å². The molecule has 2 saturated heterocycles. The van der Waals surface area contributed by atoms with Crippen molar-refractivity contribution in [2.45, 2.75) is 25.8 Å². The summed E-state index contributed by atoms with van der Waals surface area (Å²) in [6, 6.07) is 0.242. The lowest BCUT2D eigenvalue weighted by atomic mass is 9.95. The third-order valence-electron chi connectivity index (χ3n) is 3.38. The topological polar surface area (TPSA) is 61.4 Å². The number of nitrogens with zero attached hydrogens (tertiary/aromatic N) is 1. The van der Waals surface area contributed by atoms with Gasteiger partial charge in [-0.2, -0.15) is 0 Å². The first-order chi connectivity index (χ1) is 7.68. The molecule has 2 aliphatic rings. The lowest BCUT2D eigenvalue weighted by molar-refractivity contribution is -0.142. The Labute approximate surface area is 95.6 Å². The molecule has 2 N–H and O–H groups in total. The Bertz CT molecular complexity index is 293. The van der Waals surface area contributed by atoms with Crippen LogP contribution in [0.3, 0.4) is 0 Å². The fourth-order valence-corrected chi connectivity index (χ4v) is 2.40. The van der Waals surface area contributed by atoms with Crippen molar-refractivity contribution in [1.29, 1.82) is 0 Å². The van der Waals surface area contributed by atoms with Crippen molar-refractivity contribution in [2.24, 2.45) is 5.92 Å². The maximum absolute atomic E-state index is 12.2. The van der Waals surface area contributed by atoms with Gasteiger partial charge in [-0.1, -0.05) is 0 Å². The highest BCUT2D eigenvalue weighted by Crippen LogP contribution is 2.18. The van der Waals surface area contributed by atoms with E-state index in [-0.39, 0.29) is 23.8 Å². The van der Waals surface area contributed by atoms with Crippen LogP contribution in [-0.4, -0.2) is 48.9 Å². The van der Waals surface area contributed by atoms with Gasteiger partial charge in [-0.25, -0.2) is 0 Å². The molecular weight excluding hydrogens is 206 g/mol. The van der Waals surface area contributed by atoms with E-state index in [1.165, 1.54) is 0 Å². The van der Waals surface area contributed by atoms with Crippen molar-refractivity contribution >= 4 is 11.8 Å². The quantitative estimate of drug-likeness (QED) is 0.622. The first-order valence-corrected chi connectivity index (χ1v) is 5.96. The number of piperidine rings is 1. The van der Waals surface area contributed by atoms with Gasteiger partial charge in [-0.3, -0.25) is 9.59 Å². The highest BCUT2D eigenvalue weighted by molar-refractivity contribution is 5.87. The first-order valence-electron chi connectivity index (χ1n) is 5.96. The van der Waals surface area contributed by atoms with Gasteiger partial charge >= 0.3 is 0 Å². The van der Waals surface area contributed by atoms with Crippen molar-refractivity contribution in [1.82, 2.24) is 15.5 Å². The van der Waals surface area contributed by atoms with Crippen LogP contribution in [0.4, 0.5) is 0 Å². The van der Waals surface area contributed by atoms with Crippen molar-refractivity contribution in [3.05, 3.63) is 0 Å². The first kappa shape index (κ1) is 11.4. The summed E-state index contributed by atoms with van der Waals surface area (Å²) in [4.78, 5) is 25.4. The Hall–Kier alpha value is -1.10. The largest absolute Gasteiger partial charge is 0.356 e. The summed E-state index contributed by atoms with van der Waals surface area (Å²) in [6.45, 7) is 5.15. The Morgan fingerprint density at radius 3 is 2.94 bits per heavy atom. The molecule has 1 unspecified atom stereocenters. The van der Waals surface area contributed by atoms with Crippen molar-refractivity contribution in [2.75, 3.05) is 26.2 Å². The molecule has 0 aromatic carbocycles. The molecule has 2 amide bonds. The summed E-state index contributed by atoms with van der Waals surface area (Å²) in [5.74, 6) is 0.0607. The zero-order valence-corrected chi connectivity index (χ0v) is 9.66. The minimum atomic E-state index is -0.103. The molecule has 2 fully saturated rings. The summed E-state index contributed by atoms with van der Waals surface area (Å²) in [7, 11) is 0. The maximum Gasteiger partial charge on any atom is 0.226 e. The molecule has 0 spiro atoms. The molecule has 2 rings (SSSR count). The van der Waals surface area contributed by atoms with Crippen LogP contribution in [-0.2, 0) is 9.59 Å². The molecule has 0 aromatic rings. The third-order valence-corrected chi connectivity index (χ3v) is 3.38. The van der Waals surface area contributed by atoms with E-state index < -0.39 is 0 Å². The molecule has 5 nitrogen and oxygen atoms in total. The molecule has 2 atom stereocenters. The van der Waals surface area contributed by atoms with E-state index in [1.54, 1.807) is 0 Å². The van der Waals surface area contributed by atoms with E-state index >= 15 is 0 Å². The summed E-state index contributed by atoms with van der Waals surface area (Å²) < 4.78 is 0. The SMILES string of the molecule is C[C@H]1CNCCN1C(=O)C1CCNC(=O)C1. The van der Waals surface area contributed by atoms with Crippen LogP contribution in [0.2, 0.25) is 0 Å². The number of hydrogen-bond acceptors (Lipinski definition) is 3. The highest BCUT2D eigenvalue weighted by Gasteiger charge is 2.32. The minimum absolute atomic E-state index is 0.00684. The minimum Gasteiger partial charge on any atom is -0.356 e. The molecule has 5 heteroatoms. The third kappa shape index (κ3) is 2.35. The molecule has 90 valence electrons. The average molecular weight is 225 g/mol. The van der Waals surface area contributed by atoms with Gasteiger partial charge in [0.2, 0.25) is 11.8 Å². The molecule has 0 radical (unpaired) electrons. The number of piperazine rings is 1. The number of nitrogens with one attached hydrogen (secondary N) is 2. The van der Waals surface area contributed by atoms with Crippen molar-refractivity contribution in [3.8, 4) is 0 Å². The highest BCUT2D eigenvalue weighted by atomic mass is 16.2. The summed E-state index contributed by atoms with van der Waals surface area (Å²) in [6.07, 6.45) is 1.14. The van der Waals surface area contributed by atoms with Crippen LogP contribution in [0.25, 0.3) is 0 Å². The fourth-order valence-electron chi connectivity index (χ4n) is 2.40. The molecule has 2 aliphatic heterocycles. The van der Waals surface area contributed by atoms with E-state index in [4.69, 9.17) is 0 Å². The summed E-state index contributed by atoms with van der Waals surface area (Å²) in [5.41, 5.74) is 0. The van der Waals surface area contributed by atoms with E-state index in [2.05, 4.69) is 10.6 Å². The molecule has 0 aliphatic carbocycles. The number of rotatable bonds is 1. The number of hydrogen-bond donors (Lipinski definition) is 2. The lowest BCUT2D eigenvalue weighted by Gasteiger charge is -2.37. The van der Waals surface area contributed by atoms with Crippen LogP contribution in [0.15, 0.2) is 0 Å². The van der Waals surface area contributed by atoms with Crippen LogP contribution in [0, 0.1) is 5.92 Å². The average Bonchev–Trinajstić information content (AvgIpc) is 2.29. The summed E-state index contributed by atoms with van der Waals surface area (Å²) in [5, 5.41) is 6.02. The molecule has 16 heavy (non-hydrogen) atoms. The maximum atomic E-state index is 12.2. The Morgan fingerprint density at radius 1 is 1.44 bits per heavy atom. The molecule has 0 aromatic heterocycles. The summed E-state index contributed by atoms with van der Waals surface area (Å²) >= 11 is 0. The van der Waals surface area contributed by atoms with Gasteiger partial charge in [0.25, 0.3) is 0 Å². The van der Waals surface area contributed by atoms with Gasteiger partial charge in [0.15, 0.2) is 0 Å². The Kier molecular flexibility index (Phi) is 3.43. The van der Waals surface area contributed by atoms with E-state index in [0.717, 1.165) is 26.1 Å². The van der Waals surface area contributed by atoms with Crippen LogP contribution in [0.5, 0.6) is 0 Å². The second kappa shape index (κ2) is 4.82. The van der Waals surface area contributed by atoms with Gasteiger partial charge in [0.1, 0.15) is 0 Å². The number of carbonyl (C=O) groups excluding carboxylic acids is 2. The van der Waals surface area contributed by atoms with Gasteiger partial charge in [0.05, 0.1) is 0 Å². The second-order valence-corrected chi connectivity index (χ2v) is 4.62. The van der Waals surface area contributed by atoms with E-state index in [9.17, 15) is 9.59 Å². The number of carbonyl (C=O) groups is 2. The smallest absolute Gasteiger partial charge is 0.226 e. The molecular formula is C11H19N3O2. The van der Waals surface area contributed by atoms with Crippen LogP contribution < -0.4 is 10.6 Å². The predicted octanol–water partition coefficient (Wildman–Crippen LogP) is -0.667. The van der Waals surface area contributed by atoms with E-state index in [1.807, 2.05) is 11.8 Å². The van der Waals surface area contributed by atoms with Gasteiger partial charge in [-0.05, 0) is 13.3 Å². The fraction of sp³-hybridized carbons (Fsp3) is 0.818. The second-order valence-electron chi connectivity index (χ2n) is 4.62. The van der Waals surface area contributed by atoms with Gasteiger partial charge < -0.3 is 15.5 Å². The zero-order valence-electron chi connectivity index (χ0n) is 9.66. The van der Waals surface area contributed by atoms with Gasteiger partial charge in [-0.15, -0.1) is 0 Å². The van der Waals surface area contributed by atoms with E-state index in [0.29, 0.717) is 13.0 Å². The monoisotopic (exact) mass is 225 g/mol. The number of amides is 2.